The van der Waals surface area contributed by atoms with Gasteiger partial charge in [-0.1, -0.05) is 30.3 Å². The first-order valence-corrected chi connectivity index (χ1v) is 9.09. The summed E-state index contributed by atoms with van der Waals surface area (Å²) in [5.74, 6) is 3.13. The lowest BCUT2D eigenvalue weighted by molar-refractivity contribution is 0.297. The third-order valence-corrected chi connectivity index (χ3v) is 4.27. The number of para-hydroxylation sites is 1. The lowest BCUT2D eigenvalue weighted by Crippen LogP contribution is -1.97. The summed E-state index contributed by atoms with van der Waals surface area (Å²) in [5, 5.41) is 0. The number of benzene rings is 3. The molecule has 0 fully saturated rings. The molecule has 3 N–H and O–H groups in total. The van der Waals surface area contributed by atoms with Crippen molar-refractivity contribution in [1.29, 1.82) is 0 Å². The van der Waals surface area contributed by atoms with Gasteiger partial charge in [0.1, 0.15) is 29.7 Å². The Labute approximate surface area is 163 Å². The van der Waals surface area contributed by atoms with Crippen LogP contribution in [-0.2, 0) is 13.2 Å². The van der Waals surface area contributed by atoms with Gasteiger partial charge in [0.2, 0.25) is 0 Å². The van der Waals surface area contributed by atoms with Gasteiger partial charge >= 0.3 is 0 Å². The van der Waals surface area contributed by atoms with Gasteiger partial charge < -0.3 is 20.2 Å². The molecule has 0 aliphatic rings. The molecule has 28 heavy (non-hydrogen) atoms. The monoisotopic (exact) mass is 371 g/mol. The van der Waals surface area contributed by atoms with E-state index < -0.39 is 0 Å². The number of rotatable bonds is 7. The van der Waals surface area contributed by atoms with Crippen molar-refractivity contribution in [2.45, 2.75) is 13.2 Å². The lowest BCUT2D eigenvalue weighted by Gasteiger charge is -2.07. The normalized spacial score (nSPS) is 10.6. The maximum absolute atomic E-state index is 5.90. The first-order chi connectivity index (χ1) is 13.8. The van der Waals surface area contributed by atoms with Gasteiger partial charge in [0.05, 0.1) is 5.69 Å². The van der Waals surface area contributed by atoms with E-state index in [0.717, 1.165) is 39.9 Å². The predicted octanol–water partition coefficient (Wildman–Crippen LogP) is 4.91. The van der Waals surface area contributed by atoms with Crippen molar-refractivity contribution < 1.29 is 9.47 Å². The minimum atomic E-state index is 0.392. The lowest BCUT2D eigenvalue weighted by atomic mass is 10.1. The van der Waals surface area contributed by atoms with Crippen molar-refractivity contribution >= 4 is 0 Å². The minimum absolute atomic E-state index is 0.392. The molecule has 3 aromatic carbocycles. The Kier molecular flexibility index (Phi) is 5.36. The van der Waals surface area contributed by atoms with Crippen molar-refractivity contribution in [3.05, 3.63) is 96.4 Å². The third kappa shape index (κ3) is 4.39. The number of nitrogens with zero attached hydrogens (tertiary/aromatic N) is 1. The third-order valence-electron chi connectivity index (χ3n) is 4.27. The summed E-state index contributed by atoms with van der Waals surface area (Å²) in [7, 11) is 0. The van der Waals surface area contributed by atoms with E-state index in [1.165, 1.54) is 0 Å². The van der Waals surface area contributed by atoms with Gasteiger partial charge in [-0.15, -0.1) is 0 Å². The molecule has 5 nitrogen and oxygen atoms in total. The number of nitrogens with two attached hydrogens (primary N) is 1. The van der Waals surface area contributed by atoms with Crippen LogP contribution in [0.4, 0.5) is 0 Å². The first kappa shape index (κ1) is 17.8. The quantitative estimate of drug-likeness (QED) is 0.484. The molecule has 0 aliphatic heterocycles. The zero-order valence-electron chi connectivity index (χ0n) is 15.3. The number of ether oxygens (including phenoxy) is 2. The van der Waals surface area contributed by atoms with E-state index in [1.54, 1.807) is 0 Å². The van der Waals surface area contributed by atoms with Gasteiger partial charge in [-0.25, -0.2) is 4.98 Å². The standard InChI is InChI=1S/C23H21N3O2/c24-14-17-5-4-8-21(13-17)28-20-11-9-18(10-12-20)22-15-25-23(26-22)16-27-19-6-2-1-3-7-19/h1-13,15H,14,16,24H2,(H,25,26). The smallest absolute Gasteiger partial charge is 0.146 e. The fourth-order valence-corrected chi connectivity index (χ4v) is 2.82. The highest BCUT2D eigenvalue weighted by atomic mass is 16.5. The molecule has 0 radical (unpaired) electrons. The largest absolute Gasteiger partial charge is 0.486 e. The van der Waals surface area contributed by atoms with Gasteiger partial charge in [-0.2, -0.15) is 0 Å². The molecule has 0 atom stereocenters. The van der Waals surface area contributed by atoms with Crippen LogP contribution < -0.4 is 15.2 Å². The molecule has 0 unspecified atom stereocenters. The first-order valence-electron chi connectivity index (χ1n) is 9.09. The molecule has 4 rings (SSSR count). The van der Waals surface area contributed by atoms with Crippen LogP contribution in [0.5, 0.6) is 17.2 Å². The minimum Gasteiger partial charge on any atom is -0.486 e. The number of H-pyrrole nitrogens is 1. The van der Waals surface area contributed by atoms with Gasteiger partial charge in [0.15, 0.2) is 0 Å². The van der Waals surface area contributed by atoms with Crippen molar-refractivity contribution in [2.75, 3.05) is 0 Å². The molecule has 1 aromatic heterocycles. The second-order valence-electron chi connectivity index (χ2n) is 6.31. The maximum Gasteiger partial charge on any atom is 0.146 e. The summed E-state index contributed by atoms with van der Waals surface area (Å²) in [4.78, 5) is 7.76. The SMILES string of the molecule is NCc1cccc(Oc2ccc(-c3c[nH]c(COc4ccccc4)n3)cc2)c1. The summed E-state index contributed by atoms with van der Waals surface area (Å²) in [5.41, 5.74) is 8.59. The molecule has 1 heterocycles. The van der Waals surface area contributed by atoms with Crippen LogP contribution in [-0.4, -0.2) is 9.97 Å². The molecule has 5 heteroatoms. The zero-order valence-corrected chi connectivity index (χ0v) is 15.3. The molecule has 0 amide bonds. The number of hydrogen-bond acceptors (Lipinski definition) is 4. The van der Waals surface area contributed by atoms with Crippen molar-refractivity contribution in [3.63, 3.8) is 0 Å². The summed E-state index contributed by atoms with van der Waals surface area (Å²) in [6.45, 7) is 0.883. The Hall–Kier alpha value is -3.57. The Morgan fingerprint density at radius 3 is 2.39 bits per heavy atom. The van der Waals surface area contributed by atoms with Crippen LogP contribution in [0, 0.1) is 0 Å². The van der Waals surface area contributed by atoms with Crippen LogP contribution in [0.3, 0.4) is 0 Å². The van der Waals surface area contributed by atoms with Crippen LogP contribution in [0.15, 0.2) is 85.1 Å². The fraction of sp³-hybridized carbons (Fsp3) is 0.0870. The highest BCUT2D eigenvalue weighted by Gasteiger charge is 2.06. The molecular weight excluding hydrogens is 350 g/mol. The number of nitrogens with one attached hydrogen (secondary N) is 1. The highest BCUT2D eigenvalue weighted by Crippen LogP contribution is 2.25. The van der Waals surface area contributed by atoms with E-state index in [1.807, 2.05) is 85.1 Å². The Morgan fingerprint density at radius 2 is 1.61 bits per heavy atom. The molecule has 140 valence electrons. The van der Waals surface area contributed by atoms with Gasteiger partial charge in [0.25, 0.3) is 0 Å². The number of imidazole rings is 1. The van der Waals surface area contributed by atoms with E-state index >= 15 is 0 Å². The second kappa shape index (κ2) is 8.41. The van der Waals surface area contributed by atoms with Crippen molar-refractivity contribution in [3.8, 4) is 28.5 Å². The van der Waals surface area contributed by atoms with Gasteiger partial charge in [-0.05, 0) is 54.1 Å². The van der Waals surface area contributed by atoms with E-state index in [-0.39, 0.29) is 0 Å². The highest BCUT2D eigenvalue weighted by molar-refractivity contribution is 5.59. The van der Waals surface area contributed by atoms with Crippen LogP contribution in [0.25, 0.3) is 11.3 Å². The maximum atomic E-state index is 5.90. The Balaban J connectivity index is 1.40. The van der Waals surface area contributed by atoms with Crippen LogP contribution >= 0.6 is 0 Å². The van der Waals surface area contributed by atoms with Gasteiger partial charge in [-0.3, -0.25) is 0 Å². The summed E-state index contributed by atoms with van der Waals surface area (Å²) < 4.78 is 11.6. The van der Waals surface area contributed by atoms with Gasteiger partial charge in [0, 0.05) is 18.3 Å². The predicted molar refractivity (Wildman–Crippen MR) is 109 cm³/mol. The summed E-state index contributed by atoms with van der Waals surface area (Å²) >= 11 is 0. The molecule has 0 saturated carbocycles. The van der Waals surface area contributed by atoms with Crippen LogP contribution in [0.2, 0.25) is 0 Å². The van der Waals surface area contributed by atoms with E-state index in [2.05, 4.69) is 9.97 Å². The van der Waals surface area contributed by atoms with Crippen molar-refractivity contribution in [1.82, 2.24) is 9.97 Å². The zero-order chi connectivity index (χ0) is 19.2. The Bertz CT molecular complexity index is 1030. The molecule has 0 saturated heterocycles. The average Bonchev–Trinajstić information content (AvgIpc) is 3.23. The summed E-state index contributed by atoms with van der Waals surface area (Å²) in [6, 6.07) is 25.3. The van der Waals surface area contributed by atoms with E-state index in [4.69, 9.17) is 15.2 Å². The Morgan fingerprint density at radius 1 is 0.821 bits per heavy atom. The topological polar surface area (TPSA) is 73.2 Å². The molecule has 0 aliphatic carbocycles. The molecular formula is C23H21N3O2. The van der Waals surface area contributed by atoms with Crippen molar-refractivity contribution in [2.24, 2.45) is 5.73 Å². The molecule has 0 bridgehead atoms. The molecule has 4 aromatic rings. The summed E-state index contributed by atoms with van der Waals surface area (Å²) in [6.07, 6.45) is 1.88. The van der Waals surface area contributed by atoms with Crippen LogP contribution in [0.1, 0.15) is 11.4 Å². The molecule has 0 spiro atoms. The second-order valence-corrected chi connectivity index (χ2v) is 6.31. The van der Waals surface area contributed by atoms with E-state index in [9.17, 15) is 0 Å². The number of aromatic amines is 1. The average molecular weight is 371 g/mol. The fourth-order valence-electron chi connectivity index (χ4n) is 2.82. The number of hydrogen-bond donors (Lipinski definition) is 2. The number of aromatic nitrogens is 2. The van der Waals surface area contributed by atoms with E-state index in [0.29, 0.717) is 13.2 Å².